The third kappa shape index (κ3) is 7.73. The normalized spacial score (nSPS) is 10.6. The average Bonchev–Trinajstić information content (AvgIpc) is 2.47. The zero-order chi connectivity index (χ0) is 18.1. The fourth-order valence-electron chi connectivity index (χ4n) is 2.09. The maximum Gasteiger partial charge on any atom is 0.238 e. The van der Waals surface area contributed by atoms with Gasteiger partial charge in [0.05, 0.1) is 13.1 Å². The van der Waals surface area contributed by atoms with E-state index in [-0.39, 0.29) is 36.9 Å². The van der Waals surface area contributed by atoms with Gasteiger partial charge in [0, 0.05) is 24.3 Å². The first-order valence-electron chi connectivity index (χ1n) is 7.99. The number of benzene rings is 1. The molecule has 0 radical (unpaired) electrons. The van der Waals surface area contributed by atoms with Gasteiger partial charge in [0.1, 0.15) is 0 Å². The Bertz CT molecular complexity index is 570. The lowest BCUT2D eigenvalue weighted by Gasteiger charge is -2.20. The van der Waals surface area contributed by atoms with Crippen LogP contribution in [0.5, 0.6) is 0 Å². The van der Waals surface area contributed by atoms with Gasteiger partial charge in [-0.25, -0.2) is 0 Å². The van der Waals surface area contributed by atoms with Crippen molar-refractivity contribution in [2.75, 3.05) is 30.3 Å². The van der Waals surface area contributed by atoms with E-state index in [4.69, 9.17) is 0 Å². The second-order valence-electron chi connectivity index (χ2n) is 5.83. The van der Waals surface area contributed by atoms with Gasteiger partial charge in [-0.3, -0.25) is 19.3 Å². The number of carbonyl (C=O) groups excluding carboxylic acids is 3. The standard InChI is InChI=1S/C17H26N4O3/c1-5-21(10-16(23)18-12(2)3)11-17(24)20-15-8-6-14(7-9-15)19-13(4)22/h6-9,12H,5,10-11H2,1-4H3,(H,18,23)(H,19,22)(H,20,24). The lowest BCUT2D eigenvalue weighted by Crippen LogP contribution is -2.42. The Balaban J connectivity index is 2.51. The molecule has 0 spiro atoms. The highest BCUT2D eigenvalue weighted by Gasteiger charge is 2.13. The third-order valence-electron chi connectivity index (χ3n) is 3.12. The Morgan fingerprint density at radius 1 is 0.958 bits per heavy atom. The first-order valence-corrected chi connectivity index (χ1v) is 7.99. The molecule has 7 nitrogen and oxygen atoms in total. The molecule has 24 heavy (non-hydrogen) atoms. The zero-order valence-corrected chi connectivity index (χ0v) is 14.7. The van der Waals surface area contributed by atoms with E-state index >= 15 is 0 Å². The summed E-state index contributed by atoms with van der Waals surface area (Å²) in [5.41, 5.74) is 1.30. The number of hydrogen-bond donors (Lipinski definition) is 3. The van der Waals surface area contributed by atoms with Gasteiger partial charge in [-0.15, -0.1) is 0 Å². The van der Waals surface area contributed by atoms with E-state index in [1.165, 1.54) is 6.92 Å². The van der Waals surface area contributed by atoms with Crippen molar-refractivity contribution in [3.63, 3.8) is 0 Å². The van der Waals surface area contributed by atoms with Gasteiger partial charge < -0.3 is 16.0 Å². The second-order valence-corrected chi connectivity index (χ2v) is 5.83. The summed E-state index contributed by atoms with van der Waals surface area (Å²) in [5.74, 6) is -0.439. The summed E-state index contributed by atoms with van der Waals surface area (Å²) in [6.07, 6.45) is 0. The summed E-state index contributed by atoms with van der Waals surface area (Å²) in [7, 11) is 0. The topological polar surface area (TPSA) is 90.5 Å². The van der Waals surface area contributed by atoms with Crippen LogP contribution in [0.4, 0.5) is 11.4 Å². The minimum atomic E-state index is -0.193. The summed E-state index contributed by atoms with van der Waals surface area (Å²) < 4.78 is 0. The summed E-state index contributed by atoms with van der Waals surface area (Å²) in [6.45, 7) is 8.04. The number of carbonyl (C=O) groups is 3. The minimum Gasteiger partial charge on any atom is -0.353 e. The quantitative estimate of drug-likeness (QED) is 0.671. The van der Waals surface area contributed by atoms with Crippen molar-refractivity contribution in [1.82, 2.24) is 10.2 Å². The van der Waals surface area contributed by atoms with Crippen molar-refractivity contribution in [3.8, 4) is 0 Å². The molecule has 0 bridgehead atoms. The van der Waals surface area contributed by atoms with Crippen molar-refractivity contribution in [2.24, 2.45) is 0 Å². The highest BCUT2D eigenvalue weighted by atomic mass is 16.2. The van der Waals surface area contributed by atoms with E-state index in [0.29, 0.717) is 17.9 Å². The number of rotatable bonds is 8. The van der Waals surface area contributed by atoms with Crippen LogP contribution >= 0.6 is 0 Å². The Labute approximate surface area is 142 Å². The van der Waals surface area contributed by atoms with Crippen LogP contribution in [0.25, 0.3) is 0 Å². The van der Waals surface area contributed by atoms with Crippen molar-refractivity contribution in [1.29, 1.82) is 0 Å². The van der Waals surface area contributed by atoms with Gasteiger partial charge in [-0.1, -0.05) is 6.92 Å². The molecule has 132 valence electrons. The van der Waals surface area contributed by atoms with E-state index in [9.17, 15) is 14.4 Å². The lowest BCUT2D eigenvalue weighted by atomic mass is 10.2. The minimum absolute atomic E-state index is 0.0761. The highest BCUT2D eigenvalue weighted by Crippen LogP contribution is 2.13. The summed E-state index contributed by atoms with van der Waals surface area (Å²) in [4.78, 5) is 36.6. The van der Waals surface area contributed by atoms with Gasteiger partial charge in [-0.2, -0.15) is 0 Å². The second kappa shape index (κ2) is 9.67. The average molecular weight is 334 g/mol. The number of hydrogen-bond acceptors (Lipinski definition) is 4. The van der Waals surface area contributed by atoms with E-state index in [1.54, 1.807) is 29.2 Å². The summed E-state index contributed by atoms with van der Waals surface area (Å²) >= 11 is 0. The fourth-order valence-corrected chi connectivity index (χ4v) is 2.09. The Morgan fingerprint density at radius 2 is 1.46 bits per heavy atom. The molecule has 0 aliphatic rings. The largest absolute Gasteiger partial charge is 0.353 e. The number of amides is 3. The van der Waals surface area contributed by atoms with E-state index < -0.39 is 0 Å². The zero-order valence-electron chi connectivity index (χ0n) is 14.7. The Kier molecular flexibility index (Phi) is 7.91. The van der Waals surface area contributed by atoms with Crippen molar-refractivity contribution in [3.05, 3.63) is 24.3 Å². The van der Waals surface area contributed by atoms with Crippen LogP contribution in [0.3, 0.4) is 0 Å². The van der Waals surface area contributed by atoms with Gasteiger partial charge in [0.2, 0.25) is 17.7 Å². The van der Waals surface area contributed by atoms with Gasteiger partial charge in [-0.05, 0) is 44.7 Å². The van der Waals surface area contributed by atoms with E-state index in [1.807, 2.05) is 20.8 Å². The molecular weight excluding hydrogens is 308 g/mol. The maximum atomic E-state index is 12.1. The molecule has 3 amide bonds. The van der Waals surface area contributed by atoms with Crippen LogP contribution in [0, 0.1) is 0 Å². The number of nitrogens with zero attached hydrogens (tertiary/aromatic N) is 1. The van der Waals surface area contributed by atoms with Crippen LogP contribution in [-0.2, 0) is 14.4 Å². The smallest absolute Gasteiger partial charge is 0.238 e. The molecule has 1 aromatic rings. The summed E-state index contributed by atoms with van der Waals surface area (Å²) in [5, 5.41) is 8.24. The number of nitrogens with one attached hydrogen (secondary N) is 3. The van der Waals surface area contributed by atoms with Gasteiger partial charge in [0.15, 0.2) is 0 Å². The number of anilines is 2. The first kappa shape index (κ1) is 19.6. The van der Waals surface area contributed by atoms with Crippen LogP contribution in [0.1, 0.15) is 27.7 Å². The van der Waals surface area contributed by atoms with E-state index in [0.717, 1.165) is 0 Å². The highest BCUT2D eigenvalue weighted by molar-refractivity contribution is 5.93. The molecule has 0 heterocycles. The van der Waals surface area contributed by atoms with Crippen LogP contribution in [-0.4, -0.2) is 48.3 Å². The monoisotopic (exact) mass is 334 g/mol. The molecule has 1 rings (SSSR count). The van der Waals surface area contributed by atoms with Crippen molar-refractivity contribution >= 4 is 29.1 Å². The predicted octanol–water partition coefficient (Wildman–Crippen LogP) is 1.43. The number of likely N-dealkylation sites (N-methyl/N-ethyl adjacent to an activating group) is 1. The first-order chi connectivity index (χ1) is 11.3. The Hall–Kier alpha value is -2.41. The molecule has 0 saturated carbocycles. The molecule has 0 saturated heterocycles. The molecule has 7 heteroatoms. The summed E-state index contributed by atoms with van der Waals surface area (Å²) in [6, 6.07) is 6.93. The van der Waals surface area contributed by atoms with E-state index in [2.05, 4.69) is 16.0 Å². The molecule has 0 unspecified atom stereocenters. The van der Waals surface area contributed by atoms with Crippen molar-refractivity contribution in [2.45, 2.75) is 33.7 Å². The third-order valence-corrected chi connectivity index (χ3v) is 3.12. The van der Waals surface area contributed by atoms with Crippen molar-refractivity contribution < 1.29 is 14.4 Å². The SMILES string of the molecule is CCN(CC(=O)Nc1ccc(NC(C)=O)cc1)CC(=O)NC(C)C. The Morgan fingerprint density at radius 3 is 1.92 bits per heavy atom. The van der Waals surface area contributed by atoms with Crippen LogP contribution in [0.2, 0.25) is 0 Å². The molecule has 3 N–H and O–H groups in total. The molecule has 0 atom stereocenters. The lowest BCUT2D eigenvalue weighted by molar-refractivity contribution is -0.123. The fraction of sp³-hybridized carbons (Fsp3) is 0.471. The molecular formula is C17H26N4O3. The maximum absolute atomic E-state index is 12.1. The molecule has 1 aromatic carbocycles. The molecule has 0 fully saturated rings. The predicted molar refractivity (Wildman–Crippen MR) is 94.8 cm³/mol. The van der Waals surface area contributed by atoms with Crippen LogP contribution < -0.4 is 16.0 Å². The van der Waals surface area contributed by atoms with Gasteiger partial charge >= 0.3 is 0 Å². The van der Waals surface area contributed by atoms with Crippen LogP contribution in [0.15, 0.2) is 24.3 Å². The van der Waals surface area contributed by atoms with Gasteiger partial charge in [0.25, 0.3) is 0 Å². The molecule has 0 aliphatic carbocycles. The molecule has 0 aromatic heterocycles. The molecule has 0 aliphatic heterocycles.